The second kappa shape index (κ2) is 6.17. The van der Waals surface area contributed by atoms with E-state index in [9.17, 15) is 4.79 Å². The van der Waals surface area contributed by atoms with Gasteiger partial charge in [-0.2, -0.15) is 0 Å². The van der Waals surface area contributed by atoms with E-state index in [1.165, 1.54) is 11.3 Å². The van der Waals surface area contributed by atoms with Crippen molar-refractivity contribution in [2.75, 3.05) is 27.2 Å². The van der Waals surface area contributed by atoms with Gasteiger partial charge < -0.3 is 10.2 Å². The SMILES string of the molecule is Cc1cc(C(=O)NCC(C)(C)CN(C)C)sc1Br. The molecular formula is C13H21BrN2OS. The van der Waals surface area contributed by atoms with Crippen LogP contribution < -0.4 is 5.32 Å². The molecule has 0 unspecified atom stereocenters. The van der Waals surface area contributed by atoms with Gasteiger partial charge in [0.2, 0.25) is 0 Å². The van der Waals surface area contributed by atoms with Crippen molar-refractivity contribution in [1.29, 1.82) is 0 Å². The summed E-state index contributed by atoms with van der Waals surface area (Å²) in [6.07, 6.45) is 0. The molecule has 0 atom stereocenters. The number of halogens is 1. The van der Waals surface area contributed by atoms with Crippen molar-refractivity contribution in [2.45, 2.75) is 20.8 Å². The predicted octanol–water partition coefficient (Wildman–Crippen LogP) is 3.14. The highest BCUT2D eigenvalue weighted by Crippen LogP contribution is 2.27. The lowest BCUT2D eigenvalue weighted by Crippen LogP contribution is -2.39. The topological polar surface area (TPSA) is 32.3 Å². The maximum absolute atomic E-state index is 12.0. The molecule has 0 fully saturated rings. The molecule has 1 aromatic rings. The lowest BCUT2D eigenvalue weighted by atomic mass is 9.93. The van der Waals surface area contributed by atoms with Crippen molar-refractivity contribution in [1.82, 2.24) is 10.2 Å². The average molecular weight is 333 g/mol. The molecule has 5 heteroatoms. The van der Waals surface area contributed by atoms with Crippen LogP contribution in [-0.2, 0) is 0 Å². The molecule has 1 rings (SSSR count). The fraction of sp³-hybridized carbons (Fsp3) is 0.615. The lowest BCUT2D eigenvalue weighted by Gasteiger charge is -2.28. The molecule has 0 aliphatic heterocycles. The minimum atomic E-state index is 0.0145. The third-order valence-electron chi connectivity index (χ3n) is 2.55. The summed E-state index contributed by atoms with van der Waals surface area (Å²) in [7, 11) is 4.09. The Kier molecular flexibility index (Phi) is 5.37. The Morgan fingerprint density at radius 2 is 2.11 bits per heavy atom. The fourth-order valence-corrected chi connectivity index (χ4v) is 3.34. The van der Waals surface area contributed by atoms with Crippen LogP contribution in [0.25, 0.3) is 0 Å². The van der Waals surface area contributed by atoms with Crippen LogP contribution in [0.2, 0.25) is 0 Å². The second-order valence-electron chi connectivity index (χ2n) is 5.65. The van der Waals surface area contributed by atoms with Gasteiger partial charge in [0, 0.05) is 13.1 Å². The van der Waals surface area contributed by atoms with Gasteiger partial charge in [-0.3, -0.25) is 4.79 Å². The third kappa shape index (κ3) is 4.71. The number of aryl methyl sites for hydroxylation is 1. The third-order valence-corrected chi connectivity index (χ3v) is 4.69. The molecule has 0 radical (unpaired) electrons. The molecule has 0 saturated heterocycles. The van der Waals surface area contributed by atoms with Crippen LogP contribution in [0, 0.1) is 12.3 Å². The summed E-state index contributed by atoms with van der Waals surface area (Å²) in [5.41, 5.74) is 1.18. The number of carbonyl (C=O) groups is 1. The Bertz CT molecular complexity index is 407. The van der Waals surface area contributed by atoms with Gasteiger partial charge in [-0.25, -0.2) is 0 Å². The van der Waals surface area contributed by atoms with E-state index in [2.05, 4.69) is 40.0 Å². The molecule has 1 N–H and O–H groups in total. The summed E-state index contributed by atoms with van der Waals surface area (Å²) in [4.78, 5) is 14.9. The van der Waals surface area contributed by atoms with Gasteiger partial charge in [-0.15, -0.1) is 11.3 Å². The minimum Gasteiger partial charge on any atom is -0.351 e. The molecule has 18 heavy (non-hydrogen) atoms. The average Bonchev–Trinajstić information content (AvgIpc) is 2.54. The van der Waals surface area contributed by atoms with E-state index < -0.39 is 0 Å². The molecule has 1 amide bonds. The summed E-state index contributed by atoms with van der Waals surface area (Å²) in [6.45, 7) is 7.93. The van der Waals surface area contributed by atoms with Gasteiger partial charge in [0.15, 0.2) is 0 Å². The van der Waals surface area contributed by atoms with Gasteiger partial charge in [0.1, 0.15) is 0 Å². The molecule has 0 saturated carbocycles. The summed E-state index contributed by atoms with van der Waals surface area (Å²) in [5, 5.41) is 3.01. The molecular weight excluding hydrogens is 312 g/mol. The number of thiophene rings is 1. The van der Waals surface area contributed by atoms with Gasteiger partial charge in [0.25, 0.3) is 5.91 Å². The molecule has 0 spiro atoms. The van der Waals surface area contributed by atoms with Gasteiger partial charge >= 0.3 is 0 Å². The molecule has 0 bridgehead atoms. The number of amides is 1. The number of hydrogen-bond donors (Lipinski definition) is 1. The van der Waals surface area contributed by atoms with Crippen LogP contribution in [0.1, 0.15) is 29.1 Å². The zero-order chi connectivity index (χ0) is 13.9. The zero-order valence-electron chi connectivity index (χ0n) is 11.6. The highest BCUT2D eigenvalue weighted by atomic mass is 79.9. The summed E-state index contributed by atoms with van der Waals surface area (Å²) < 4.78 is 1.03. The lowest BCUT2D eigenvalue weighted by molar-refractivity contribution is 0.0933. The van der Waals surface area contributed by atoms with E-state index in [1.54, 1.807) is 0 Å². The highest BCUT2D eigenvalue weighted by molar-refractivity contribution is 9.11. The van der Waals surface area contributed by atoms with Crippen molar-refractivity contribution in [3.63, 3.8) is 0 Å². The van der Waals surface area contributed by atoms with Crippen LogP contribution >= 0.6 is 27.3 Å². The fourth-order valence-electron chi connectivity index (χ4n) is 1.89. The summed E-state index contributed by atoms with van der Waals surface area (Å²) in [6, 6.07) is 1.92. The smallest absolute Gasteiger partial charge is 0.261 e. The van der Waals surface area contributed by atoms with Crippen molar-refractivity contribution in [3.8, 4) is 0 Å². The Labute approximate surface area is 122 Å². The Hall–Kier alpha value is -0.390. The standard InChI is InChI=1S/C13H21BrN2OS/c1-9-6-10(18-11(9)14)12(17)15-7-13(2,3)8-16(4)5/h6H,7-8H2,1-5H3,(H,15,17). The Morgan fingerprint density at radius 1 is 1.50 bits per heavy atom. The minimum absolute atomic E-state index is 0.0145. The molecule has 1 heterocycles. The highest BCUT2D eigenvalue weighted by Gasteiger charge is 2.20. The monoisotopic (exact) mass is 332 g/mol. The summed E-state index contributed by atoms with van der Waals surface area (Å²) >= 11 is 4.92. The van der Waals surface area contributed by atoms with Crippen molar-refractivity contribution < 1.29 is 4.79 Å². The van der Waals surface area contributed by atoms with Crippen LogP contribution in [0.3, 0.4) is 0 Å². The summed E-state index contributed by atoms with van der Waals surface area (Å²) in [5.74, 6) is 0.0145. The number of carbonyl (C=O) groups excluding carboxylic acids is 1. The van der Waals surface area contributed by atoms with Crippen LogP contribution in [0.15, 0.2) is 9.85 Å². The van der Waals surface area contributed by atoms with E-state index in [0.717, 1.165) is 20.8 Å². The first-order valence-corrected chi connectivity index (χ1v) is 7.51. The number of rotatable bonds is 5. The maximum Gasteiger partial charge on any atom is 0.261 e. The molecule has 1 aromatic heterocycles. The predicted molar refractivity (Wildman–Crippen MR) is 81.4 cm³/mol. The molecule has 102 valence electrons. The van der Waals surface area contributed by atoms with E-state index in [4.69, 9.17) is 0 Å². The van der Waals surface area contributed by atoms with Crippen molar-refractivity contribution in [3.05, 3.63) is 20.3 Å². The van der Waals surface area contributed by atoms with Crippen LogP contribution in [0.4, 0.5) is 0 Å². The zero-order valence-corrected chi connectivity index (χ0v) is 14.0. The van der Waals surface area contributed by atoms with E-state index in [1.807, 2.05) is 27.1 Å². The van der Waals surface area contributed by atoms with Gasteiger partial charge in [-0.05, 0) is 54.0 Å². The van der Waals surface area contributed by atoms with Gasteiger partial charge in [-0.1, -0.05) is 13.8 Å². The van der Waals surface area contributed by atoms with Crippen LogP contribution in [0.5, 0.6) is 0 Å². The van der Waals surface area contributed by atoms with E-state index >= 15 is 0 Å². The normalized spacial score (nSPS) is 11.9. The first kappa shape index (κ1) is 15.7. The van der Waals surface area contributed by atoms with E-state index in [0.29, 0.717) is 6.54 Å². The second-order valence-corrected chi connectivity index (χ2v) is 8.02. The Morgan fingerprint density at radius 3 is 2.56 bits per heavy atom. The molecule has 0 aliphatic rings. The molecule has 0 aromatic carbocycles. The maximum atomic E-state index is 12.0. The molecule has 3 nitrogen and oxygen atoms in total. The van der Waals surface area contributed by atoms with Crippen LogP contribution in [-0.4, -0.2) is 38.0 Å². The first-order chi connectivity index (χ1) is 8.21. The Balaban J connectivity index is 2.56. The largest absolute Gasteiger partial charge is 0.351 e. The number of nitrogens with zero attached hydrogens (tertiary/aromatic N) is 1. The van der Waals surface area contributed by atoms with Gasteiger partial charge in [0.05, 0.1) is 8.66 Å². The first-order valence-electron chi connectivity index (χ1n) is 5.90. The van der Waals surface area contributed by atoms with Crippen molar-refractivity contribution >= 4 is 33.2 Å². The van der Waals surface area contributed by atoms with Crippen molar-refractivity contribution in [2.24, 2.45) is 5.41 Å². The quantitative estimate of drug-likeness (QED) is 0.898. The number of hydrogen-bond acceptors (Lipinski definition) is 3. The molecule has 0 aliphatic carbocycles. The number of nitrogens with one attached hydrogen (secondary N) is 1. The van der Waals surface area contributed by atoms with E-state index in [-0.39, 0.29) is 11.3 Å².